The van der Waals surface area contributed by atoms with Gasteiger partial charge in [-0.2, -0.15) is 0 Å². The van der Waals surface area contributed by atoms with Crippen molar-refractivity contribution in [1.29, 1.82) is 0 Å². The van der Waals surface area contributed by atoms with Gasteiger partial charge in [-0.1, -0.05) is 6.92 Å². The highest BCUT2D eigenvalue weighted by Gasteiger charge is 2.29. The zero-order valence-electron chi connectivity index (χ0n) is 10.6. The lowest BCUT2D eigenvalue weighted by Crippen LogP contribution is -2.50. The molecular weight excluding hydrogens is 216 g/mol. The van der Waals surface area contributed by atoms with Crippen molar-refractivity contribution in [3.05, 3.63) is 24.2 Å². The van der Waals surface area contributed by atoms with Crippen LogP contribution in [0, 0.1) is 0 Å². The molecule has 1 aromatic rings. The molecule has 1 aliphatic heterocycles. The van der Waals surface area contributed by atoms with Crippen LogP contribution in [0.1, 0.15) is 32.1 Å². The van der Waals surface area contributed by atoms with Gasteiger partial charge in [-0.15, -0.1) is 0 Å². The summed E-state index contributed by atoms with van der Waals surface area (Å²) in [6.07, 6.45) is 2.91. The molecule has 2 heterocycles. The molecular formula is C13H22N2O2. The summed E-state index contributed by atoms with van der Waals surface area (Å²) in [5, 5.41) is 0. The van der Waals surface area contributed by atoms with Crippen LogP contribution in [0.5, 0.6) is 0 Å². The molecule has 1 aliphatic rings. The van der Waals surface area contributed by atoms with E-state index in [9.17, 15) is 0 Å². The van der Waals surface area contributed by atoms with E-state index in [4.69, 9.17) is 14.9 Å². The molecule has 17 heavy (non-hydrogen) atoms. The molecule has 0 bridgehead atoms. The number of morpholine rings is 1. The Bertz CT molecular complexity index is 324. The summed E-state index contributed by atoms with van der Waals surface area (Å²) in [6, 6.07) is 4.41. The van der Waals surface area contributed by atoms with Crippen molar-refractivity contribution in [1.82, 2.24) is 4.90 Å². The van der Waals surface area contributed by atoms with Gasteiger partial charge in [0.2, 0.25) is 0 Å². The highest BCUT2D eigenvalue weighted by Crippen LogP contribution is 2.26. The third kappa shape index (κ3) is 2.89. The molecule has 4 nitrogen and oxygen atoms in total. The van der Waals surface area contributed by atoms with Crippen LogP contribution in [0.25, 0.3) is 0 Å². The minimum Gasteiger partial charge on any atom is -0.468 e. The third-order valence-corrected chi connectivity index (χ3v) is 3.41. The van der Waals surface area contributed by atoms with Crippen LogP contribution in [0.15, 0.2) is 22.8 Å². The minimum atomic E-state index is 0.0758. The van der Waals surface area contributed by atoms with E-state index in [0.717, 1.165) is 31.9 Å². The number of hydrogen-bond acceptors (Lipinski definition) is 4. The van der Waals surface area contributed by atoms with E-state index in [1.165, 1.54) is 0 Å². The molecule has 0 amide bonds. The zero-order chi connectivity index (χ0) is 12.3. The normalized spacial score (nSPS) is 25.7. The molecule has 1 aromatic heterocycles. The predicted molar refractivity (Wildman–Crippen MR) is 66.7 cm³/mol. The second-order valence-corrected chi connectivity index (χ2v) is 4.70. The van der Waals surface area contributed by atoms with E-state index < -0.39 is 0 Å². The average molecular weight is 238 g/mol. The number of nitrogens with two attached hydrogens (primary N) is 1. The number of rotatable bonds is 4. The lowest BCUT2D eigenvalue weighted by Gasteiger charge is -2.38. The summed E-state index contributed by atoms with van der Waals surface area (Å²) in [7, 11) is 0. The fourth-order valence-corrected chi connectivity index (χ4v) is 2.42. The molecule has 0 radical (unpaired) electrons. The SMILES string of the molecule is CCC(c1ccco1)N1CCOC(C(C)N)C1. The van der Waals surface area contributed by atoms with Crippen LogP contribution < -0.4 is 5.73 Å². The predicted octanol–water partition coefficient (Wildman–Crippen LogP) is 1.78. The highest BCUT2D eigenvalue weighted by molar-refractivity contribution is 5.05. The number of furan rings is 1. The molecule has 0 saturated carbocycles. The van der Waals surface area contributed by atoms with Gasteiger partial charge in [0.05, 0.1) is 25.0 Å². The van der Waals surface area contributed by atoms with Gasteiger partial charge in [0, 0.05) is 19.1 Å². The van der Waals surface area contributed by atoms with Gasteiger partial charge in [-0.25, -0.2) is 0 Å². The first kappa shape index (κ1) is 12.6. The van der Waals surface area contributed by atoms with Gasteiger partial charge in [0.25, 0.3) is 0 Å². The number of hydrogen-bond donors (Lipinski definition) is 1. The van der Waals surface area contributed by atoms with Gasteiger partial charge in [0.1, 0.15) is 5.76 Å². The number of nitrogens with zero attached hydrogens (tertiary/aromatic N) is 1. The van der Waals surface area contributed by atoms with Gasteiger partial charge < -0.3 is 14.9 Å². The fourth-order valence-electron chi connectivity index (χ4n) is 2.42. The number of ether oxygens (including phenoxy) is 1. The van der Waals surface area contributed by atoms with Crippen LogP contribution in [0.3, 0.4) is 0 Å². The summed E-state index contributed by atoms with van der Waals surface area (Å²) in [5.74, 6) is 1.04. The van der Waals surface area contributed by atoms with Gasteiger partial charge in [-0.05, 0) is 25.5 Å². The Balaban J connectivity index is 2.04. The van der Waals surface area contributed by atoms with Crippen molar-refractivity contribution in [3.8, 4) is 0 Å². The molecule has 2 rings (SSSR count). The van der Waals surface area contributed by atoms with Crippen LogP contribution in [-0.2, 0) is 4.74 Å². The lowest BCUT2D eigenvalue weighted by molar-refractivity contribution is -0.0552. The zero-order valence-corrected chi connectivity index (χ0v) is 10.6. The van der Waals surface area contributed by atoms with E-state index in [-0.39, 0.29) is 12.1 Å². The van der Waals surface area contributed by atoms with E-state index in [0.29, 0.717) is 6.04 Å². The first-order valence-electron chi connectivity index (χ1n) is 6.37. The summed E-state index contributed by atoms with van der Waals surface area (Å²) in [6.45, 7) is 6.77. The maximum absolute atomic E-state index is 5.91. The summed E-state index contributed by atoms with van der Waals surface area (Å²) >= 11 is 0. The molecule has 1 saturated heterocycles. The Morgan fingerprint density at radius 1 is 1.59 bits per heavy atom. The highest BCUT2D eigenvalue weighted by atomic mass is 16.5. The molecule has 2 N–H and O–H groups in total. The van der Waals surface area contributed by atoms with Crippen molar-refractivity contribution < 1.29 is 9.15 Å². The largest absolute Gasteiger partial charge is 0.468 e. The molecule has 0 aromatic carbocycles. The van der Waals surface area contributed by atoms with Crippen LogP contribution in [-0.4, -0.2) is 36.7 Å². The Morgan fingerprint density at radius 2 is 2.41 bits per heavy atom. The third-order valence-electron chi connectivity index (χ3n) is 3.41. The van der Waals surface area contributed by atoms with Gasteiger partial charge in [0.15, 0.2) is 0 Å². The molecule has 4 heteroatoms. The van der Waals surface area contributed by atoms with E-state index in [1.54, 1.807) is 6.26 Å². The fraction of sp³-hybridized carbons (Fsp3) is 0.692. The summed E-state index contributed by atoms with van der Waals surface area (Å²) in [5.41, 5.74) is 5.91. The first-order valence-corrected chi connectivity index (χ1v) is 6.37. The summed E-state index contributed by atoms with van der Waals surface area (Å²) in [4.78, 5) is 2.41. The molecule has 96 valence electrons. The smallest absolute Gasteiger partial charge is 0.120 e. The monoisotopic (exact) mass is 238 g/mol. The van der Waals surface area contributed by atoms with Crippen molar-refractivity contribution in [2.45, 2.75) is 38.5 Å². The first-order chi connectivity index (χ1) is 8.22. The van der Waals surface area contributed by atoms with E-state index in [1.807, 2.05) is 19.1 Å². The van der Waals surface area contributed by atoms with Gasteiger partial charge >= 0.3 is 0 Å². The molecule has 1 fully saturated rings. The van der Waals surface area contributed by atoms with Crippen molar-refractivity contribution in [2.24, 2.45) is 5.73 Å². The molecule has 3 atom stereocenters. The second kappa shape index (κ2) is 5.67. The maximum Gasteiger partial charge on any atom is 0.120 e. The summed E-state index contributed by atoms with van der Waals surface area (Å²) < 4.78 is 11.2. The Hall–Kier alpha value is -0.840. The topological polar surface area (TPSA) is 51.6 Å². The lowest BCUT2D eigenvalue weighted by atomic mass is 10.1. The Kier molecular flexibility index (Phi) is 4.20. The Labute approximate surface area is 103 Å². The molecule has 0 spiro atoms. The average Bonchev–Trinajstić information content (AvgIpc) is 2.84. The standard InChI is InChI=1S/C13H22N2O2/c1-3-11(12-5-4-7-16-12)15-6-8-17-13(9-15)10(2)14/h4-5,7,10-11,13H,3,6,8-9,14H2,1-2H3. The van der Waals surface area contributed by atoms with Crippen LogP contribution in [0.2, 0.25) is 0 Å². The van der Waals surface area contributed by atoms with Crippen LogP contribution in [0.4, 0.5) is 0 Å². The van der Waals surface area contributed by atoms with Gasteiger partial charge in [-0.3, -0.25) is 4.90 Å². The second-order valence-electron chi connectivity index (χ2n) is 4.70. The molecule has 0 aliphatic carbocycles. The van der Waals surface area contributed by atoms with E-state index >= 15 is 0 Å². The molecule has 3 unspecified atom stereocenters. The van der Waals surface area contributed by atoms with Crippen molar-refractivity contribution >= 4 is 0 Å². The van der Waals surface area contributed by atoms with Crippen molar-refractivity contribution in [2.75, 3.05) is 19.7 Å². The van der Waals surface area contributed by atoms with Crippen LogP contribution >= 0.6 is 0 Å². The minimum absolute atomic E-state index is 0.0758. The Morgan fingerprint density at radius 3 is 3.00 bits per heavy atom. The quantitative estimate of drug-likeness (QED) is 0.868. The van der Waals surface area contributed by atoms with Crippen molar-refractivity contribution in [3.63, 3.8) is 0 Å². The maximum atomic E-state index is 5.91. The van der Waals surface area contributed by atoms with E-state index in [2.05, 4.69) is 11.8 Å².